The molecular weight excluding hydrogens is 470 g/mol. The van der Waals surface area contributed by atoms with Crippen molar-refractivity contribution in [3.63, 3.8) is 0 Å². The number of nitrogens with zero attached hydrogens (tertiary/aromatic N) is 3. The van der Waals surface area contributed by atoms with Crippen LogP contribution in [0.15, 0.2) is 18.3 Å². The van der Waals surface area contributed by atoms with Gasteiger partial charge in [-0.25, -0.2) is 9.37 Å². The van der Waals surface area contributed by atoms with Crippen molar-refractivity contribution in [3.8, 4) is 17.0 Å². The number of hydrogen-bond donors (Lipinski definition) is 3. The average molecular weight is 488 g/mol. The molecule has 176 valence electrons. The second-order valence-electron chi connectivity index (χ2n) is 7.87. The van der Waals surface area contributed by atoms with E-state index in [9.17, 15) is 23.1 Å². The molecule has 1 atom stereocenters. The van der Waals surface area contributed by atoms with Gasteiger partial charge in [0.15, 0.2) is 11.8 Å². The van der Waals surface area contributed by atoms with Gasteiger partial charge in [0.2, 0.25) is 0 Å². The number of fused-ring (bicyclic) bond motifs is 1. The predicted octanol–water partition coefficient (Wildman–Crippen LogP) is 4.18. The van der Waals surface area contributed by atoms with Crippen LogP contribution in [0, 0.1) is 12.7 Å². The summed E-state index contributed by atoms with van der Waals surface area (Å²) in [4.78, 5) is 17.0. The fourth-order valence-corrected chi connectivity index (χ4v) is 3.76. The summed E-state index contributed by atoms with van der Waals surface area (Å²) < 4.78 is 59.9. The molecule has 0 spiro atoms. The number of nitrogens with one attached hydrogen (secondary N) is 2. The Balaban J connectivity index is 1.74. The van der Waals surface area contributed by atoms with E-state index in [0.29, 0.717) is 24.5 Å². The van der Waals surface area contributed by atoms with Gasteiger partial charge in [-0.1, -0.05) is 11.6 Å². The first-order chi connectivity index (χ1) is 15.4. The third-order valence-corrected chi connectivity index (χ3v) is 5.49. The molecule has 8 nitrogen and oxygen atoms in total. The number of hydrogen-bond acceptors (Lipinski definition) is 5. The largest absolute Gasteiger partial charge is 0.483 e. The van der Waals surface area contributed by atoms with E-state index in [1.165, 1.54) is 6.20 Å². The maximum absolute atomic E-state index is 15.0. The molecule has 33 heavy (non-hydrogen) atoms. The van der Waals surface area contributed by atoms with E-state index in [-0.39, 0.29) is 22.1 Å². The molecule has 1 aromatic carbocycles. The molecule has 0 fully saturated rings. The van der Waals surface area contributed by atoms with Gasteiger partial charge in [-0.15, -0.1) is 0 Å². The van der Waals surface area contributed by atoms with Crippen LogP contribution >= 0.6 is 11.6 Å². The minimum atomic E-state index is -4.69. The quantitative estimate of drug-likeness (QED) is 0.468. The minimum absolute atomic E-state index is 0.0738. The summed E-state index contributed by atoms with van der Waals surface area (Å²) in [7, 11) is 0. The monoisotopic (exact) mass is 487 g/mol. The smallest absolute Gasteiger partial charge is 0.422 e. The lowest BCUT2D eigenvalue weighted by molar-refractivity contribution is -0.153. The lowest BCUT2D eigenvalue weighted by atomic mass is 10.0. The van der Waals surface area contributed by atoms with Gasteiger partial charge in [-0.05, 0) is 26.0 Å². The van der Waals surface area contributed by atoms with Crippen molar-refractivity contribution < 1.29 is 32.2 Å². The number of halogens is 5. The Morgan fingerprint density at radius 1 is 1.42 bits per heavy atom. The number of amides is 1. The molecular formula is C20H18ClF4N5O3. The summed E-state index contributed by atoms with van der Waals surface area (Å²) in [6.07, 6.45) is -2.79. The molecule has 3 aromatic rings. The maximum atomic E-state index is 15.0. The van der Waals surface area contributed by atoms with Crippen LogP contribution in [0.2, 0.25) is 5.15 Å². The van der Waals surface area contributed by atoms with Crippen molar-refractivity contribution in [1.82, 2.24) is 19.7 Å². The van der Waals surface area contributed by atoms with E-state index in [0.717, 1.165) is 12.1 Å². The van der Waals surface area contributed by atoms with Crippen molar-refractivity contribution in [2.75, 3.05) is 11.9 Å². The van der Waals surface area contributed by atoms with Gasteiger partial charge in [0, 0.05) is 24.7 Å². The number of carbonyl (C=O) groups is 1. The molecule has 0 bridgehead atoms. The first-order valence-corrected chi connectivity index (χ1v) is 10.1. The predicted molar refractivity (Wildman–Crippen MR) is 110 cm³/mol. The third-order valence-electron chi connectivity index (χ3n) is 5.22. The number of alkyl halides is 3. The highest BCUT2D eigenvalue weighted by atomic mass is 35.5. The van der Waals surface area contributed by atoms with Crippen LogP contribution in [0.4, 0.5) is 23.2 Å². The summed E-state index contributed by atoms with van der Waals surface area (Å²) in [6.45, 7) is 1.87. The molecule has 4 rings (SSSR count). The molecule has 3 heterocycles. The molecule has 2 aromatic heterocycles. The van der Waals surface area contributed by atoms with Gasteiger partial charge in [0.1, 0.15) is 28.7 Å². The minimum Gasteiger partial charge on any atom is -0.483 e. The third kappa shape index (κ3) is 4.53. The molecule has 0 aliphatic carbocycles. The number of imidazole rings is 1. The zero-order valence-electron chi connectivity index (χ0n) is 17.3. The Morgan fingerprint density at radius 3 is 2.76 bits per heavy atom. The fourth-order valence-electron chi connectivity index (χ4n) is 3.53. The number of aryl methyl sites for hydroxylation is 2. The first-order valence-electron chi connectivity index (χ1n) is 9.71. The summed E-state index contributed by atoms with van der Waals surface area (Å²) in [5.41, 5.74) is -1.30. The number of H-pyrrole nitrogens is 1. The zero-order chi connectivity index (χ0) is 24.1. The van der Waals surface area contributed by atoms with Crippen molar-refractivity contribution in [1.29, 1.82) is 0 Å². The Bertz CT molecular complexity index is 1220. The van der Waals surface area contributed by atoms with Crippen LogP contribution in [0.25, 0.3) is 11.3 Å². The molecule has 1 amide bonds. The number of carbonyl (C=O) groups excluding carboxylic acids is 1. The normalized spacial score (nSPS) is 17.8. The van der Waals surface area contributed by atoms with Crippen molar-refractivity contribution >= 4 is 23.2 Å². The second kappa shape index (κ2) is 8.03. The van der Waals surface area contributed by atoms with Crippen LogP contribution in [0.3, 0.4) is 0 Å². The average Bonchev–Trinajstić information content (AvgIpc) is 3.37. The molecule has 1 aliphatic rings. The lowest BCUT2D eigenvalue weighted by Gasteiger charge is -2.15. The highest BCUT2D eigenvalue weighted by molar-refractivity contribution is 6.33. The van der Waals surface area contributed by atoms with Crippen LogP contribution in [-0.4, -0.2) is 43.5 Å². The highest BCUT2D eigenvalue weighted by Gasteiger charge is 2.35. The summed E-state index contributed by atoms with van der Waals surface area (Å²) in [5.74, 6) is -2.05. The molecule has 0 saturated carbocycles. The van der Waals surface area contributed by atoms with Gasteiger partial charge in [-0.2, -0.15) is 18.3 Å². The zero-order valence-corrected chi connectivity index (χ0v) is 18.1. The number of ether oxygens (including phenoxy) is 1. The van der Waals surface area contributed by atoms with E-state index < -0.39 is 41.4 Å². The number of rotatable bonds is 5. The Labute approximate surface area is 189 Å². The molecule has 0 saturated heterocycles. The Morgan fingerprint density at radius 2 is 2.15 bits per heavy atom. The molecule has 0 unspecified atom stereocenters. The van der Waals surface area contributed by atoms with E-state index in [4.69, 9.17) is 16.3 Å². The van der Waals surface area contributed by atoms with Gasteiger partial charge in [0.25, 0.3) is 5.91 Å². The van der Waals surface area contributed by atoms with Crippen LogP contribution in [0.5, 0.6) is 5.75 Å². The van der Waals surface area contributed by atoms with Crippen molar-refractivity contribution in [2.24, 2.45) is 0 Å². The maximum Gasteiger partial charge on any atom is 0.422 e. The van der Waals surface area contributed by atoms with Gasteiger partial charge < -0.3 is 19.7 Å². The standard InChI is InChI=1S/C20H18ClF4N5O3/c1-9-15(16(21)29-28-9)27-17(31)11-5-12(22)10(6-14(11)33-8-20(23,24)25)13-7-30-4-3-19(2,32)18(30)26-13/h5-7,32H,3-4,8H2,1-2H3,(H,27,31)(H,28,29)/t19-/m0/s1. The lowest BCUT2D eigenvalue weighted by Crippen LogP contribution is -2.21. The number of benzene rings is 1. The van der Waals surface area contributed by atoms with E-state index in [2.05, 4.69) is 20.5 Å². The van der Waals surface area contributed by atoms with Gasteiger partial charge in [-0.3, -0.25) is 9.89 Å². The van der Waals surface area contributed by atoms with Gasteiger partial charge >= 0.3 is 6.18 Å². The number of aromatic nitrogens is 4. The summed E-state index contributed by atoms with van der Waals surface area (Å²) in [5, 5.41) is 19.0. The topological polar surface area (TPSA) is 105 Å². The van der Waals surface area contributed by atoms with E-state index in [1.807, 2.05) is 0 Å². The van der Waals surface area contributed by atoms with Crippen LogP contribution in [-0.2, 0) is 12.1 Å². The van der Waals surface area contributed by atoms with Crippen molar-refractivity contribution in [3.05, 3.63) is 46.4 Å². The number of aliphatic hydroxyl groups is 1. The van der Waals surface area contributed by atoms with E-state index in [1.54, 1.807) is 18.4 Å². The van der Waals surface area contributed by atoms with E-state index >= 15 is 4.39 Å². The van der Waals surface area contributed by atoms with Crippen LogP contribution in [0.1, 0.15) is 35.2 Å². The van der Waals surface area contributed by atoms with Crippen LogP contribution < -0.4 is 10.1 Å². The SMILES string of the molecule is Cc1[nH]nc(Cl)c1NC(=O)c1cc(F)c(-c2cn3c(n2)[C@@](C)(O)CC3)cc1OCC(F)(F)F. The molecule has 0 radical (unpaired) electrons. The second-order valence-corrected chi connectivity index (χ2v) is 8.23. The number of anilines is 1. The van der Waals surface area contributed by atoms with Crippen molar-refractivity contribution in [2.45, 2.75) is 38.6 Å². The number of aromatic amines is 1. The highest BCUT2D eigenvalue weighted by Crippen LogP contribution is 2.37. The Hall–Kier alpha value is -3.12. The summed E-state index contributed by atoms with van der Waals surface area (Å²) in [6, 6.07) is 1.74. The van der Waals surface area contributed by atoms with Gasteiger partial charge in [0.05, 0.1) is 17.0 Å². The Kier molecular flexibility index (Phi) is 5.61. The summed E-state index contributed by atoms with van der Waals surface area (Å²) >= 11 is 5.89. The fraction of sp³-hybridized carbons (Fsp3) is 0.350. The molecule has 1 aliphatic heterocycles. The molecule has 3 N–H and O–H groups in total. The molecule has 13 heteroatoms. The first kappa shape index (κ1) is 23.1.